The number of benzene rings is 1. The van der Waals surface area contributed by atoms with Gasteiger partial charge in [-0.15, -0.1) is 5.10 Å². The standard InChI is InChI=1S/C15H20N4O3/c1-4-15(5-2,9-13(20)21)16-14(22)10-6-7-12-11(8-10)17-18-19(12)3/h6-8H,4-5,9H2,1-3H3,(H,16,22)(H,20,21). The van der Waals surface area contributed by atoms with Gasteiger partial charge < -0.3 is 10.4 Å². The van der Waals surface area contributed by atoms with Crippen molar-refractivity contribution in [1.82, 2.24) is 20.3 Å². The van der Waals surface area contributed by atoms with E-state index in [-0.39, 0.29) is 12.3 Å². The van der Waals surface area contributed by atoms with E-state index in [1.165, 1.54) is 0 Å². The van der Waals surface area contributed by atoms with Gasteiger partial charge in [0.25, 0.3) is 5.91 Å². The fourth-order valence-corrected chi connectivity index (χ4v) is 2.51. The highest BCUT2D eigenvalue weighted by Gasteiger charge is 2.31. The molecule has 7 nitrogen and oxygen atoms in total. The summed E-state index contributed by atoms with van der Waals surface area (Å²) in [6, 6.07) is 5.13. The molecule has 0 aliphatic carbocycles. The number of aryl methyl sites for hydroxylation is 1. The van der Waals surface area contributed by atoms with Crippen LogP contribution in [0, 0.1) is 0 Å². The van der Waals surface area contributed by atoms with Crippen LogP contribution in [-0.2, 0) is 11.8 Å². The molecule has 0 saturated heterocycles. The van der Waals surface area contributed by atoms with Gasteiger partial charge in [0.1, 0.15) is 5.52 Å². The van der Waals surface area contributed by atoms with Crippen molar-refractivity contribution in [3.63, 3.8) is 0 Å². The van der Waals surface area contributed by atoms with E-state index in [0.717, 1.165) is 5.52 Å². The smallest absolute Gasteiger partial charge is 0.305 e. The predicted octanol–water partition coefficient (Wildman–Crippen LogP) is 1.73. The van der Waals surface area contributed by atoms with Gasteiger partial charge in [0, 0.05) is 12.6 Å². The van der Waals surface area contributed by atoms with Crippen LogP contribution in [0.5, 0.6) is 0 Å². The van der Waals surface area contributed by atoms with Crippen molar-refractivity contribution in [2.75, 3.05) is 0 Å². The Kier molecular flexibility index (Phi) is 4.44. The molecule has 1 aromatic carbocycles. The van der Waals surface area contributed by atoms with E-state index in [2.05, 4.69) is 15.6 Å². The van der Waals surface area contributed by atoms with Crippen LogP contribution in [0.4, 0.5) is 0 Å². The zero-order valence-corrected chi connectivity index (χ0v) is 13.0. The Labute approximate surface area is 128 Å². The number of carbonyl (C=O) groups is 2. The fourth-order valence-electron chi connectivity index (χ4n) is 2.51. The molecule has 2 N–H and O–H groups in total. The largest absolute Gasteiger partial charge is 0.481 e. The fraction of sp³-hybridized carbons (Fsp3) is 0.467. The van der Waals surface area contributed by atoms with Gasteiger partial charge in [0.2, 0.25) is 0 Å². The summed E-state index contributed by atoms with van der Waals surface area (Å²) in [4.78, 5) is 23.5. The average molecular weight is 304 g/mol. The lowest BCUT2D eigenvalue weighted by molar-refractivity contribution is -0.138. The molecular weight excluding hydrogens is 284 g/mol. The van der Waals surface area contributed by atoms with Crippen LogP contribution in [-0.4, -0.2) is 37.5 Å². The summed E-state index contributed by atoms with van der Waals surface area (Å²) in [5, 5.41) is 19.8. The van der Waals surface area contributed by atoms with Gasteiger partial charge in [-0.2, -0.15) is 0 Å². The summed E-state index contributed by atoms with van der Waals surface area (Å²) in [5.41, 5.74) is 1.18. The number of hydrogen-bond acceptors (Lipinski definition) is 4. The van der Waals surface area contributed by atoms with E-state index in [4.69, 9.17) is 5.11 Å². The monoisotopic (exact) mass is 304 g/mol. The minimum absolute atomic E-state index is 0.0981. The lowest BCUT2D eigenvalue weighted by Gasteiger charge is -2.31. The summed E-state index contributed by atoms with van der Waals surface area (Å²) < 4.78 is 1.63. The number of nitrogens with one attached hydrogen (secondary N) is 1. The SMILES string of the molecule is CCC(CC)(CC(=O)O)NC(=O)c1ccc2c(c1)nnn2C. The van der Waals surface area contributed by atoms with Crippen LogP contribution in [0.25, 0.3) is 11.0 Å². The number of fused-ring (bicyclic) bond motifs is 1. The minimum atomic E-state index is -0.923. The second-order valence-corrected chi connectivity index (χ2v) is 5.43. The second-order valence-electron chi connectivity index (χ2n) is 5.43. The van der Waals surface area contributed by atoms with Gasteiger partial charge in [0.15, 0.2) is 0 Å². The average Bonchev–Trinajstić information content (AvgIpc) is 2.86. The summed E-state index contributed by atoms with van der Waals surface area (Å²) in [5.74, 6) is -1.22. The maximum atomic E-state index is 12.5. The summed E-state index contributed by atoms with van der Waals surface area (Å²) in [6.45, 7) is 3.75. The molecule has 7 heteroatoms. The molecular formula is C15H20N4O3. The predicted molar refractivity (Wildman–Crippen MR) is 81.5 cm³/mol. The molecule has 0 spiro atoms. The Balaban J connectivity index is 2.26. The van der Waals surface area contributed by atoms with Crippen LogP contribution in [0.15, 0.2) is 18.2 Å². The zero-order valence-electron chi connectivity index (χ0n) is 13.0. The van der Waals surface area contributed by atoms with Crippen molar-refractivity contribution in [3.05, 3.63) is 23.8 Å². The van der Waals surface area contributed by atoms with E-state index in [0.29, 0.717) is 23.9 Å². The van der Waals surface area contributed by atoms with Crippen LogP contribution in [0.1, 0.15) is 43.5 Å². The Morgan fingerprint density at radius 2 is 2.00 bits per heavy atom. The minimum Gasteiger partial charge on any atom is -0.481 e. The Bertz CT molecular complexity index is 704. The first-order valence-electron chi connectivity index (χ1n) is 7.24. The molecule has 0 unspecified atom stereocenters. The van der Waals surface area contributed by atoms with Gasteiger partial charge in [-0.25, -0.2) is 4.68 Å². The highest BCUT2D eigenvalue weighted by Crippen LogP contribution is 2.21. The number of carbonyl (C=O) groups excluding carboxylic acids is 1. The van der Waals surface area contributed by atoms with Crippen LogP contribution in [0.2, 0.25) is 0 Å². The normalized spacial score (nSPS) is 11.6. The lowest BCUT2D eigenvalue weighted by atomic mass is 9.88. The summed E-state index contributed by atoms with van der Waals surface area (Å²) in [6.07, 6.45) is 1.00. The van der Waals surface area contributed by atoms with E-state index in [1.54, 1.807) is 29.9 Å². The molecule has 0 fully saturated rings. The Hall–Kier alpha value is -2.44. The topological polar surface area (TPSA) is 97.1 Å². The number of carboxylic acid groups (broad SMARTS) is 1. The van der Waals surface area contributed by atoms with E-state index < -0.39 is 11.5 Å². The Morgan fingerprint density at radius 1 is 1.32 bits per heavy atom. The van der Waals surface area contributed by atoms with Crippen molar-refractivity contribution in [3.8, 4) is 0 Å². The summed E-state index contributed by atoms with van der Waals surface area (Å²) >= 11 is 0. The number of hydrogen-bond donors (Lipinski definition) is 2. The Morgan fingerprint density at radius 3 is 2.59 bits per heavy atom. The number of amides is 1. The van der Waals surface area contributed by atoms with Crippen molar-refractivity contribution in [2.45, 2.75) is 38.6 Å². The van der Waals surface area contributed by atoms with Crippen LogP contribution < -0.4 is 5.32 Å². The van der Waals surface area contributed by atoms with Gasteiger partial charge in [0.05, 0.1) is 17.5 Å². The van der Waals surface area contributed by atoms with Crippen LogP contribution in [0.3, 0.4) is 0 Å². The first-order chi connectivity index (χ1) is 10.4. The molecule has 0 aliphatic heterocycles. The van der Waals surface area contributed by atoms with Crippen molar-refractivity contribution in [2.24, 2.45) is 7.05 Å². The molecule has 0 atom stereocenters. The maximum absolute atomic E-state index is 12.5. The van der Waals surface area contributed by atoms with E-state index in [9.17, 15) is 9.59 Å². The quantitative estimate of drug-likeness (QED) is 0.847. The van der Waals surface area contributed by atoms with Crippen molar-refractivity contribution in [1.29, 1.82) is 0 Å². The van der Waals surface area contributed by atoms with E-state index in [1.807, 2.05) is 13.8 Å². The molecule has 0 radical (unpaired) electrons. The number of aliphatic carboxylic acids is 1. The maximum Gasteiger partial charge on any atom is 0.305 e. The summed E-state index contributed by atoms with van der Waals surface area (Å²) in [7, 11) is 1.78. The number of aromatic nitrogens is 3. The molecule has 2 rings (SSSR count). The van der Waals surface area contributed by atoms with Crippen molar-refractivity contribution >= 4 is 22.9 Å². The van der Waals surface area contributed by atoms with Gasteiger partial charge in [-0.05, 0) is 31.0 Å². The van der Waals surface area contributed by atoms with Gasteiger partial charge in [-0.1, -0.05) is 19.1 Å². The molecule has 22 heavy (non-hydrogen) atoms. The molecule has 118 valence electrons. The molecule has 2 aromatic rings. The molecule has 0 saturated carbocycles. The first kappa shape index (κ1) is 15.9. The van der Waals surface area contributed by atoms with Gasteiger partial charge >= 0.3 is 5.97 Å². The number of nitrogens with zero attached hydrogens (tertiary/aromatic N) is 3. The molecule has 0 aliphatic rings. The highest BCUT2D eigenvalue weighted by molar-refractivity contribution is 5.97. The third kappa shape index (κ3) is 3.08. The van der Waals surface area contributed by atoms with Crippen LogP contribution >= 0.6 is 0 Å². The second kappa shape index (κ2) is 6.13. The van der Waals surface area contributed by atoms with Gasteiger partial charge in [-0.3, -0.25) is 9.59 Å². The zero-order chi connectivity index (χ0) is 16.3. The highest BCUT2D eigenvalue weighted by atomic mass is 16.4. The number of carboxylic acids is 1. The lowest BCUT2D eigenvalue weighted by Crippen LogP contribution is -2.49. The number of rotatable bonds is 6. The molecule has 0 bridgehead atoms. The van der Waals surface area contributed by atoms with Crippen molar-refractivity contribution < 1.29 is 14.7 Å². The third-order valence-electron chi connectivity index (χ3n) is 4.09. The third-order valence-corrected chi connectivity index (χ3v) is 4.09. The molecule has 1 amide bonds. The van der Waals surface area contributed by atoms with E-state index >= 15 is 0 Å². The first-order valence-corrected chi connectivity index (χ1v) is 7.24. The molecule has 1 aromatic heterocycles. The molecule has 1 heterocycles.